The summed E-state index contributed by atoms with van der Waals surface area (Å²) in [5.74, 6) is 0. The van der Waals surface area contributed by atoms with E-state index in [1.807, 2.05) is 36.4 Å². The number of rotatable bonds is 9. The van der Waals surface area contributed by atoms with Crippen LogP contribution in [0.4, 0.5) is 0 Å². The Balaban J connectivity index is 2.10. The maximum absolute atomic E-state index is 10.4. The number of hydrogen-bond acceptors (Lipinski definition) is 5. The predicted octanol–water partition coefficient (Wildman–Crippen LogP) is 6.82. The summed E-state index contributed by atoms with van der Waals surface area (Å²) in [7, 11) is -3.86. The molecule has 0 amide bonds. The number of benzene rings is 1. The van der Waals surface area contributed by atoms with Crippen LogP contribution in [0.5, 0.6) is 0 Å². The molecule has 2 rings (SSSR count). The molecule has 5 nitrogen and oxygen atoms in total. The maximum Gasteiger partial charge on any atom is 0.192 e. The minimum absolute atomic E-state index is 0.0341. The maximum atomic E-state index is 10.4. The van der Waals surface area contributed by atoms with Crippen molar-refractivity contribution in [2.45, 2.75) is 109 Å². The zero-order valence-corrected chi connectivity index (χ0v) is 25.1. The van der Waals surface area contributed by atoms with Crippen LogP contribution in [0.1, 0.15) is 59.8 Å². The SMILES string of the molecule is CC(C)(C)[Si](C)(C)OCC(C/C=C\[C@@H]1O[C@H](c2ccccc2)OC[C@H]1O)O[Si](C)(C)C(C)(C)C. The van der Waals surface area contributed by atoms with Gasteiger partial charge in [-0.3, -0.25) is 0 Å². The third kappa shape index (κ3) is 8.12. The van der Waals surface area contributed by atoms with Crippen molar-refractivity contribution in [2.24, 2.45) is 0 Å². The van der Waals surface area contributed by atoms with Gasteiger partial charge in [0.1, 0.15) is 12.2 Å². The summed E-state index contributed by atoms with van der Waals surface area (Å²) in [5.41, 5.74) is 0.953. The Bertz CT molecular complexity index is 780. The van der Waals surface area contributed by atoms with E-state index in [0.717, 1.165) is 5.56 Å². The highest BCUT2D eigenvalue weighted by molar-refractivity contribution is 6.74. The molecule has 1 unspecified atom stereocenters. The number of hydrogen-bond donors (Lipinski definition) is 1. The van der Waals surface area contributed by atoms with E-state index in [2.05, 4.69) is 73.8 Å². The lowest BCUT2D eigenvalue weighted by atomic mass is 10.1. The van der Waals surface area contributed by atoms with Gasteiger partial charge in [0, 0.05) is 5.56 Å². The van der Waals surface area contributed by atoms with Gasteiger partial charge in [0.25, 0.3) is 0 Å². The van der Waals surface area contributed by atoms with Gasteiger partial charge >= 0.3 is 0 Å². The summed E-state index contributed by atoms with van der Waals surface area (Å²) >= 11 is 0. The van der Waals surface area contributed by atoms with Crippen molar-refractivity contribution in [3.63, 3.8) is 0 Å². The Labute approximate surface area is 210 Å². The van der Waals surface area contributed by atoms with E-state index in [0.29, 0.717) is 13.0 Å². The molecular weight excluding hydrogens is 460 g/mol. The van der Waals surface area contributed by atoms with Crippen molar-refractivity contribution in [1.82, 2.24) is 0 Å². The van der Waals surface area contributed by atoms with E-state index < -0.39 is 35.1 Å². The Morgan fingerprint density at radius 3 is 2.15 bits per heavy atom. The summed E-state index contributed by atoms with van der Waals surface area (Å²) in [6.07, 6.45) is 3.12. The quantitative estimate of drug-likeness (QED) is 0.293. The van der Waals surface area contributed by atoms with E-state index in [4.69, 9.17) is 18.3 Å². The fourth-order valence-electron chi connectivity index (χ4n) is 3.14. The molecule has 0 radical (unpaired) electrons. The predicted molar refractivity (Wildman–Crippen MR) is 145 cm³/mol. The molecule has 7 heteroatoms. The van der Waals surface area contributed by atoms with Crippen molar-refractivity contribution in [1.29, 1.82) is 0 Å². The van der Waals surface area contributed by atoms with Crippen molar-refractivity contribution in [3.05, 3.63) is 48.0 Å². The average Bonchev–Trinajstić information content (AvgIpc) is 2.72. The molecule has 1 aliphatic rings. The number of ether oxygens (including phenoxy) is 2. The topological polar surface area (TPSA) is 57.2 Å². The average molecular weight is 509 g/mol. The van der Waals surface area contributed by atoms with Crippen LogP contribution < -0.4 is 0 Å². The van der Waals surface area contributed by atoms with Gasteiger partial charge in [-0.25, -0.2) is 0 Å². The van der Waals surface area contributed by atoms with Crippen LogP contribution in [-0.2, 0) is 18.3 Å². The van der Waals surface area contributed by atoms with E-state index in [9.17, 15) is 5.11 Å². The highest BCUT2D eigenvalue weighted by Gasteiger charge is 2.41. The zero-order chi connectivity index (χ0) is 25.8. The third-order valence-corrected chi connectivity index (χ3v) is 16.6. The molecule has 0 aliphatic carbocycles. The third-order valence-electron chi connectivity index (χ3n) is 7.58. The molecule has 194 valence electrons. The number of aliphatic hydroxyl groups excluding tert-OH is 1. The Morgan fingerprint density at radius 1 is 1.00 bits per heavy atom. The Kier molecular flexibility index (Phi) is 9.95. The second-order valence-electron chi connectivity index (χ2n) is 12.5. The first kappa shape index (κ1) is 29.4. The van der Waals surface area contributed by atoms with E-state index in [1.54, 1.807) is 0 Å². The van der Waals surface area contributed by atoms with Crippen LogP contribution in [-0.4, -0.2) is 53.3 Å². The Morgan fingerprint density at radius 2 is 1.59 bits per heavy atom. The van der Waals surface area contributed by atoms with Crippen molar-refractivity contribution < 1.29 is 23.4 Å². The zero-order valence-electron chi connectivity index (χ0n) is 23.1. The molecule has 1 aromatic rings. The van der Waals surface area contributed by atoms with E-state index >= 15 is 0 Å². The molecule has 1 fully saturated rings. The van der Waals surface area contributed by atoms with Crippen LogP contribution in [0.25, 0.3) is 0 Å². The minimum atomic E-state index is -1.97. The fraction of sp³-hybridized carbons (Fsp3) is 0.704. The molecule has 0 bridgehead atoms. The monoisotopic (exact) mass is 508 g/mol. The van der Waals surface area contributed by atoms with Crippen molar-refractivity contribution in [2.75, 3.05) is 13.2 Å². The van der Waals surface area contributed by atoms with Gasteiger partial charge in [-0.2, -0.15) is 0 Å². The standard InChI is InChI=1S/C27H48O5Si2/c1-26(2,3)33(7,8)30-19-22(32-34(9,10)27(4,5)6)17-14-18-24-23(28)20-29-25(31-24)21-15-12-11-13-16-21/h11-16,18,22-25,28H,17,19-20H2,1-10H3/b18-14-/t22?,23-,24+,25-/m1/s1. The molecule has 0 saturated carbocycles. The molecule has 0 spiro atoms. The molecule has 4 atom stereocenters. The summed E-state index contributed by atoms with van der Waals surface area (Å²) in [6.45, 7) is 23.5. The van der Waals surface area contributed by atoms with Crippen LogP contribution in [0, 0.1) is 0 Å². The van der Waals surface area contributed by atoms with Gasteiger partial charge < -0.3 is 23.4 Å². The van der Waals surface area contributed by atoms with E-state index in [-0.39, 0.29) is 22.8 Å². The van der Waals surface area contributed by atoms with Gasteiger partial charge in [-0.05, 0) is 42.7 Å². The first-order valence-corrected chi connectivity index (χ1v) is 18.3. The van der Waals surface area contributed by atoms with Crippen LogP contribution in [0.15, 0.2) is 42.5 Å². The van der Waals surface area contributed by atoms with Gasteiger partial charge in [0.2, 0.25) is 0 Å². The molecule has 0 aromatic heterocycles. The van der Waals surface area contributed by atoms with Gasteiger partial charge in [-0.1, -0.05) is 84.0 Å². The lowest BCUT2D eigenvalue weighted by Gasteiger charge is -2.41. The summed E-state index contributed by atoms with van der Waals surface area (Å²) in [5, 5.41) is 10.7. The van der Waals surface area contributed by atoms with E-state index in [1.165, 1.54) is 0 Å². The minimum Gasteiger partial charge on any atom is -0.414 e. The number of aliphatic hydroxyl groups is 1. The Hall–Kier alpha value is -0.806. The van der Waals surface area contributed by atoms with Crippen LogP contribution in [0.3, 0.4) is 0 Å². The largest absolute Gasteiger partial charge is 0.414 e. The molecular formula is C27H48O5Si2. The molecule has 34 heavy (non-hydrogen) atoms. The molecule has 1 saturated heterocycles. The van der Waals surface area contributed by atoms with Gasteiger partial charge in [-0.15, -0.1) is 0 Å². The van der Waals surface area contributed by atoms with Crippen LogP contribution >= 0.6 is 0 Å². The highest BCUT2D eigenvalue weighted by Crippen LogP contribution is 2.39. The molecule has 1 heterocycles. The van der Waals surface area contributed by atoms with Crippen molar-refractivity contribution >= 4 is 16.6 Å². The van der Waals surface area contributed by atoms with Gasteiger partial charge in [0.15, 0.2) is 22.9 Å². The summed E-state index contributed by atoms with van der Waals surface area (Å²) < 4.78 is 25.1. The smallest absolute Gasteiger partial charge is 0.192 e. The lowest BCUT2D eigenvalue weighted by molar-refractivity contribution is -0.243. The second kappa shape index (κ2) is 11.5. The normalized spacial score (nSPS) is 23.9. The first-order valence-electron chi connectivity index (χ1n) is 12.5. The first-order chi connectivity index (χ1) is 15.5. The summed E-state index contributed by atoms with van der Waals surface area (Å²) in [6, 6.07) is 9.84. The van der Waals surface area contributed by atoms with Crippen LogP contribution in [0.2, 0.25) is 36.3 Å². The fourth-order valence-corrected chi connectivity index (χ4v) is 5.52. The summed E-state index contributed by atoms with van der Waals surface area (Å²) in [4.78, 5) is 0. The lowest BCUT2D eigenvalue weighted by Crippen LogP contribution is -2.47. The molecule has 1 aromatic carbocycles. The molecule has 1 aliphatic heterocycles. The molecule has 1 N–H and O–H groups in total. The highest BCUT2D eigenvalue weighted by atomic mass is 28.4. The van der Waals surface area contributed by atoms with Gasteiger partial charge in [0.05, 0.1) is 19.3 Å². The second-order valence-corrected chi connectivity index (χ2v) is 22.0. The van der Waals surface area contributed by atoms with Crippen molar-refractivity contribution in [3.8, 4) is 0 Å².